The lowest BCUT2D eigenvalue weighted by Crippen LogP contribution is -2.37. The van der Waals surface area contributed by atoms with Crippen molar-refractivity contribution < 1.29 is 14.3 Å². The van der Waals surface area contributed by atoms with Crippen LogP contribution in [0.4, 0.5) is 0 Å². The molecule has 0 aliphatic heterocycles. The summed E-state index contributed by atoms with van der Waals surface area (Å²) < 4.78 is 12.3. The molecule has 7 nitrogen and oxygen atoms in total. The minimum atomic E-state index is 0.0495. The molecule has 0 unspecified atom stereocenters. The topological polar surface area (TPSA) is 69.5 Å². The first-order valence-corrected chi connectivity index (χ1v) is 12.9. The lowest BCUT2D eigenvalue weighted by atomic mass is 9.72. The average molecular weight is 481 g/mol. The second-order valence-corrected chi connectivity index (χ2v) is 11.5. The quantitative estimate of drug-likeness (QED) is 0.480. The Hall–Kier alpha value is -1.42. The van der Waals surface area contributed by atoms with E-state index in [1.807, 2.05) is 23.0 Å². The van der Waals surface area contributed by atoms with E-state index in [0.29, 0.717) is 43.4 Å². The molecule has 3 rings (SSSR count). The number of amides is 1. The summed E-state index contributed by atoms with van der Waals surface area (Å²) in [6.45, 7) is 9.15. The van der Waals surface area contributed by atoms with Crippen LogP contribution in [0, 0.1) is 11.3 Å². The number of hydrogen-bond acceptors (Lipinski definition) is 7. The number of carbonyl (C=O) groups excluding carboxylic acids is 1. The fourth-order valence-corrected chi connectivity index (χ4v) is 6.05. The van der Waals surface area contributed by atoms with Gasteiger partial charge in [0, 0.05) is 39.2 Å². The van der Waals surface area contributed by atoms with Crippen molar-refractivity contribution in [1.29, 1.82) is 0 Å². The number of hydrogen-bond donors (Lipinski definition) is 0. The van der Waals surface area contributed by atoms with Gasteiger partial charge in [-0.1, -0.05) is 32.5 Å². The zero-order valence-corrected chi connectivity index (χ0v) is 21.8. The van der Waals surface area contributed by atoms with Crippen LogP contribution >= 0.6 is 23.1 Å². The van der Waals surface area contributed by atoms with Crippen molar-refractivity contribution in [3.63, 3.8) is 0 Å². The Kier molecular flexibility index (Phi) is 8.77. The van der Waals surface area contributed by atoms with E-state index < -0.39 is 0 Å². The zero-order chi connectivity index (χ0) is 23.3. The molecule has 0 saturated carbocycles. The molecule has 0 radical (unpaired) electrons. The van der Waals surface area contributed by atoms with Crippen LogP contribution in [0.15, 0.2) is 11.2 Å². The van der Waals surface area contributed by atoms with E-state index in [9.17, 15) is 4.79 Å². The Labute approximate surface area is 199 Å². The van der Waals surface area contributed by atoms with Gasteiger partial charge >= 0.3 is 0 Å². The van der Waals surface area contributed by atoms with Crippen LogP contribution in [0.2, 0.25) is 0 Å². The molecule has 1 aliphatic rings. The second-order valence-electron chi connectivity index (χ2n) is 9.39. The lowest BCUT2D eigenvalue weighted by molar-refractivity contribution is -0.129. The van der Waals surface area contributed by atoms with Gasteiger partial charge in [0.1, 0.15) is 0 Å². The number of thiophene rings is 1. The molecule has 178 valence electrons. The number of fused-ring (bicyclic) bond motifs is 1. The van der Waals surface area contributed by atoms with Crippen LogP contribution < -0.4 is 0 Å². The summed E-state index contributed by atoms with van der Waals surface area (Å²) in [5.74, 6) is 1.96. The van der Waals surface area contributed by atoms with Gasteiger partial charge in [-0.2, -0.15) is 0 Å². The maximum absolute atomic E-state index is 12.7. The average Bonchev–Trinajstić information content (AvgIpc) is 3.33. The van der Waals surface area contributed by atoms with E-state index in [0.717, 1.165) is 23.8 Å². The van der Waals surface area contributed by atoms with Crippen molar-refractivity contribution >= 4 is 29.0 Å². The summed E-state index contributed by atoms with van der Waals surface area (Å²) in [5.41, 5.74) is 1.80. The third-order valence-electron chi connectivity index (χ3n) is 6.17. The molecule has 1 atom stereocenters. The molecular formula is C23H36N4O3S2. The third-order valence-corrected chi connectivity index (χ3v) is 8.41. The van der Waals surface area contributed by atoms with Crippen molar-refractivity contribution in [3.8, 4) is 10.7 Å². The van der Waals surface area contributed by atoms with Crippen molar-refractivity contribution in [1.82, 2.24) is 19.7 Å². The molecule has 0 bridgehead atoms. The minimum Gasteiger partial charge on any atom is -0.383 e. The van der Waals surface area contributed by atoms with Crippen molar-refractivity contribution in [2.24, 2.45) is 18.4 Å². The Morgan fingerprint density at radius 3 is 2.56 bits per heavy atom. The highest BCUT2D eigenvalue weighted by atomic mass is 32.2. The van der Waals surface area contributed by atoms with Crippen LogP contribution in [0.3, 0.4) is 0 Å². The molecule has 2 aromatic rings. The molecule has 0 saturated heterocycles. The SMILES string of the molecule is COCCN(CCOC)C(=O)CSc1nnc(-c2cc3c(s2)CC[C@H](C(C)(C)C)C3)n1C. The minimum absolute atomic E-state index is 0.0495. The summed E-state index contributed by atoms with van der Waals surface area (Å²) in [4.78, 5) is 17.1. The van der Waals surface area contributed by atoms with Crippen LogP contribution in [-0.2, 0) is 34.2 Å². The number of methoxy groups -OCH3 is 2. The smallest absolute Gasteiger partial charge is 0.233 e. The van der Waals surface area contributed by atoms with Gasteiger partial charge in [-0.15, -0.1) is 21.5 Å². The largest absolute Gasteiger partial charge is 0.383 e. The Morgan fingerprint density at radius 2 is 1.94 bits per heavy atom. The van der Waals surface area contributed by atoms with E-state index >= 15 is 0 Å². The maximum atomic E-state index is 12.7. The van der Waals surface area contributed by atoms with Crippen molar-refractivity contribution in [3.05, 3.63) is 16.5 Å². The molecule has 0 aromatic carbocycles. The van der Waals surface area contributed by atoms with E-state index in [4.69, 9.17) is 9.47 Å². The first-order chi connectivity index (χ1) is 15.2. The fraction of sp³-hybridized carbons (Fsp3) is 0.696. The van der Waals surface area contributed by atoms with Crippen molar-refractivity contribution in [2.75, 3.05) is 46.3 Å². The molecule has 1 aliphatic carbocycles. The monoisotopic (exact) mass is 480 g/mol. The molecule has 0 spiro atoms. The Balaban J connectivity index is 1.66. The van der Waals surface area contributed by atoms with Gasteiger partial charge in [0.2, 0.25) is 5.91 Å². The van der Waals surface area contributed by atoms with Gasteiger partial charge in [0.05, 0.1) is 23.8 Å². The van der Waals surface area contributed by atoms with E-state index in [-0.39, 0.29) is 5.91 Å². The van der Waals surface area contributed by atoms with Gasteiger partial charge in [-0.05, 0) is 42.2 Å². The predicted molar refractivity (Wildman–Crippen MR) is 130 cm³/mol. The predicted octanol–water partition coefficient (Wildman–Crippen LogP) is 3.91. The lowest BCUT2D eigenvalue weighted by Gasteiger charge is -2.33. The summed E-state index contributed by atoms with van der Waals surface area (Å²) in [5, 5.41) is 9.58. The normalized spacial score (nSPS) is 16.2. The summed E-state index contributed by atoms with van der Waals surface area (Å²) in [6.07, 6.45) is 3.54. The molecule has 0 fully saturated rings. The molecule has 1 amide bonds. The van der Waals surface area contributed by atoms with Gasteiger partial charge in [0.15, 0.2) is 11.0 Å². The number of rotatable bonds is 10. The molecule has 2 aromatic heterocycles. The maximum Gasteiger partial charge on any atom is 0.233 e. The second kappa shape index (κ2) is 11.1. The summed E-state index contributed by atoms with van der Waals surface area (Å²) in [6, 6.07) is 2.30. The highest BCUT2D eigenvalue weighted by Gasteiger charge is 2.30. The fourth-order valence-electron chi connectivity index (χ4n) is 4.01. The highest BCUT2D eigenvalue weighted by Crippen LogP contribution is 2.42. The molecule has 0 N–H and O–H groups in total. The third kappa shape index (κ3) is 6.12. The van der Waals surface area contributed by atoms with Gasteiger partial charge in [-0.3, -0.25) is 4.79 Å². The zero-order valence-electron chi connectivity index (χ0n) is 20.1. The first kappa shape index (κ1) is 25.2. The van der Waals surface area contributed by atoms with Gasteiger partial charge in [-0.25, -0.2) is 0 Å². The number of nitrogens with zero attached hydrogens (tertiary/aromatic N) is 4. The molecule has 32 heavy (non-hydrogen) atoms. The molecular weight excluding hydrogens is 444 g/mol. The summed E-state index contributed by atoms with van der Waals surface area (Å²) in [7, 11) is 5.26. The number of thioether (sulfide) groups is 1. The van der Waals surface area contributed by atoms with Crippen molar-refractivity contribution in [2.45, 2.75) is 45.2 Å². The number of ether oxygens (including phenoxy) is 2. The van der Waals surface area contributed by atoms with Crippen LogP contribution in [0.5, 0.6) is 0 Å². The molecule has 9 heteroatoms. The van der Waals surface area contributed by atoms with E-state index in [2.05, 4.69) is 37.0 Å². The number of aryl methyl sites for hydroxylation is 1. The first-order valence-electron chi connectivity index (χ1n) is 11.1. The van der Waals surface area contributed by atoms with Gasteiger partial charge in [0.25, 0.3) is 0 Å². The highest BCUT2D eigenvalue weighted by molar-refractivity contribution is 7.99. The standard InChI is InChI=1S/C23H36N4O3S2/c1-23(2,3)17-7-8-18-16(13-17)14-19(32-18)21-24-25-22(26(21)4)31-15-20(28)27(9-11-29-5)10-12-30-6/h14,17H,7-13,15H2,1-6H3/t17-/m0/s1. The van der Waals surface area contributed by atoms with E-state index in [1.165, 1.54) is 33.5 Å². The Bertz CT molecular complexity index is 896. The molecule has 2 heterocycles. The summed E-state index contributed by atoms with van der Waals surface area (Å²) >= 11 is 3.27. The van der Waals surface area contributed by atoms with Crippen LogP contribution in [0.25, 0.3) is 10.7 Å². The van der Waals surface area contributed by atoms with E-state index in [1.54, 1.807) is 19.1 Å². The number of aromatic nitrogens is 3. The van der Waals surface area contributed by atoms with Gasteiger partial charge < -0.3 is 18.9 Å². The Morgan fingerprint density at radius 1 is 1.25 bits per heavy atom. The number of carbonyl (C=O) groups is 1. The van der Waals surface area contributed by atoms with Crippen LogP contribution in [0.1, 0.15) is 37.6 Å². The van der Waals surface area contributed by atoms with Crippen LogP contribution in [-0.4, -0.2) is 71.8 Å².